The van der Waals surface area contributed by atoms with Gasteiger partial charge in [-0.2, -0.15) is 0 Å². The predicted molar refractivity (Wildman–Crippen MR) is 37.9 cm³/mol. The SMILES string of the molecule is NC(CC(O)CCO)C(=O)O. The van der Waals surface area contributed by atoms with Crippen LogP contribution in [0.5, 0.6) is 0 Å². The molecule has 0 amide bonds. The fourth-order valence-corrected chi connectivity index (χ4v) is 0.661. The second-order valence-corrected chi connectivity index (χ2v) is 2.35. The summed E-state index contributed by atoms with van der Waals surface area (Å²) in [5.41, 5.74) is 5.11. The molecule has 0 heterocycles. The number of aliphatic carboxylic acids is 1. The van der Waals surface area contributed by atoms with E-state index in [4.69, 9.17) is 21.1 Å². The van der Waals surface area contributed by atoms with E-state index in [0.717, 1.165) is 0 Å². The van der Waals surface area contributed by atoms with Crippen molar-refractivity contribution in [1.29, 1.82) is 0 Å². The lowest BCUT2D eigenvalue weighted by atomic mass is 10.1. The fourth-order valence-electron chi connectivity index (χ4n) is 0.661. The largest absolute Gasteiger partial charge is 0.480 e. The van der Waals surface area contributed by atoms with E-state index in [0.29, 0.717) is 0 Å². The normalized spacial score (nSPS) is 15.9. The summed E-state index contributed by atoms with van der Waals surface area (Å²) in [6.45, 7) is -0.159. The molecule has 2 atom stereocenters. The molecule has 5 heteroatoms. The van der Waals surface area contributed by atoms with Crippen LogP contribution in [0.25, 0.3) is 0 Å². The van der Waals surface area contributed by atoms with E-state index < -0.39 is 18.1 Å². The maximum atomic E-state index is 10.1. The van der Waals surface area contributed by atoms with Crippen molar-refractivity contribution in [2.75, 3.05) is 6.61 Å². The third-order valence-electron chi connectivity index (χ3n) is 1.31. The molecule has 0 saturated heterocycles. The van der Waals surface area contributed by atoms with Crippen LogP contribution in [0, 0.1) is 0 Å². The maximum absolute atomic E-state index is 10.1. The van der Waals surface area contributed by atoms with Gasteiger partial charge in [0.25, 0.3) is 0 Å². The minimum atomic E-state index is -1.14. The first-order valence-electron chi connectivity index (χ1n) is 3.35. The molecule has 0 saturated carbocycles. The number of aliphatic hydroxyl groups is 2. The summed E-state index contributed by atoms with van der Waals surface area (Å²) in [5.74, 6) is -1.14. The van der Waals surface area contributed by atoms with Crippen LogP contribution < -0.4 is 5.73 Å². The van der Waals surface area contributed by atoms with Gasteiger partial charge in [0.05, 0.1) is 6.10 Å². The molecule has 0 bridgehead atoms. The average Bonchev–Trinajstić information content (AvgIpc) is 1.87. The van der Waals surface area contributed by atoms with Crippen LogP contribution >= 0.6 is 0 Å². The van der Waals surface area contributed by atoms with Crippen LogP contribution in [-0.4, -0.2) is 40.0 Å². The van der Waals surface area contributed by atoms with Gasteiger partial charge in [0.15, 0.2) is 0 Å². The quantitative estimate of drug-likeness (QED) is 0.396. The van der Waals surface area contributed by atoms with Crippen molar-refractivity contribution in [2.24, 2.45) is 5.73 Å². The van der Waals surface area contributed by atoms with Gasteiger partial charge >= 0.3 is 5.97 Å². The minimum Gasteiger partial charge on any atom is -0.480 e. The Morgan fingerprint density at radius 1 is 1.55 bits per heavy atom. The summed E-state index contributed by atoms with van der Waals surface area (Å²) in [6.07, 6.45) is -0.678. The Morgan fingerprint density at radius 2 is 2.09 bits per heavy atom. The van der Waals surface area contributed by atoms with E-state index >= 15 is 0 Å². The van der Waals surface area contributed by atoms with E-state index in [1.54, 1.807) is 0 Å². The van der Waals surface area contributed by atoms with E-state index in [1.807, 2.05) is 0 Å². The minimum absolute atomic E-state index is 0.0180. The number of nitrogens with two attached hydrogens (primary N) is 1. The number of carbonyl (C=O) groups is 1. The molecule has 0 aliphatic heterocycles. The topological polar surface area (TPSA) is 104 Å². The number of hydrogen-bond acceptors (Lipinski definition) is 4. The van der Waals surface area contributed by atoms with Crippen molar-refractivity contribution in [2.45, 2.75) is 25.0 Å². The van der Waals surface area contributed by atoms with Gasteiger partial charge in [0.1, 0.15) is 6.04 Å². The van der Waals surface area contributed by atoms with Crippen LogP contribution in [0.2, 0.25) is 0 Å². The van der Waals surface area contributed by atoms with Crippen LogP contribution in [0.1, 0.15) is 12.8 Å². The zero-order valence-corrected chi connectivity index (χ0v) is 6.10. The standard InChI is InChI=1S/C6H13NO4/c7-5(6(10)11)3-4(9)1-2-8/h4-5,8-9H,1-3,7H2,(H,10,11). The van der Waals surface area contributed by atoms with Crippen molar-refractivity contribution in [3.05, 3.63) is 0 Å². The van der Waals surface area contributed by atoms with Gasteiger partial charge < -0.3 is 21.1 Å². The van der Waals surface area contributed by atoms with Crippen molar-refractivity contribution in [3.8, 4) is 0 Å². The van der Waals surface area contributed by atoms with E-state index in [2.05, 4.69) is 0 Å². The highest BCUT2D eigenvalue weighted by Gasteiger charge is 2.15. The Labute approximate surface area is 64.4 Å². The summed E-state index contributed by atoms with van der Waals surface area (Å²) < 4.78 is 0. The number of aliphatic hydroxyl groups excluding tert-OH is 2. The Bertz CT molecular complexity index is 128. The Hall–Kier alpha value is -0.650. The first-order chi connectivity index (χ1) is 5.07. The maximum Gasteiger partial charge on any atom is 0.320 e. The third-order valence-corrected chi connectivity index (χ3v) is 1.31. The molecule has 0 radical (unpaired) electrons. The number of carboxylic acid groups (broad SMARTS) is 1. The smallest absolute Gasteiger partial charge is 0.320 e. The molecule has 11 heavy (non-hydrogen) atoms. The average molecular weight is 163 g/mol. The van der Waals surface area contributed by atoms with Gasteiger partial charge in [-0.3, -0.25) is 4.79 Å². The zero-order valence-electron chi connectivity index (χ0n) is 6.10. The zero-order chi connectivity index (χ0) is 8.85. The first kappa shape index (κ1) is 10.3. The third kappa shape index (κ3) is 4.72. The van der Waals surface area contributed by atoms with Gasteiger partial charge in [-0.1, -0.05) is 0 Å². The lowest BCUT2D eigenvalue weighted by Crippen LogP contribution is -2.34. The van der Waals surface area contributed by atoms with Crippen LogP contribution in [-0.2, 0) is 4.79 Å². The molecular formula is C6H13NO4. The molecule has 0 aromatic heterocycles. The van der Waals surface area contributed by atoms with Crippen molar-refractivity contribution >= 4 is 5.97 Å². The summed E-state index contributed by atoms with van der Waals surface area (Å²) in [4.78, 5) is 10.1. The van der Waals surface area contributed by atoms with Crippen molar-refractivity contribution in [1.82, 2.24) is 0 Å². The Morgan fingerprint density at radius 3 is 2.45 bits per heavy atom. The number of rotatable bonds is 5. The van der Waals surface area contributed by atoms with Gasteiger partial charge in [-0.25, -0.2) is 0 Å². The summed E-state index contributed by atoms with van der Waals surface area (Å²) in [7, 11) is 0. The highest BCUT2D eigenvalue weighted by atomic mass is 16.4. The molecule has 0 spiro atoms. The van der Waals surface area contributed by atoms with E-state index in [1.165, 1.54) is 0 Å². The molecular weight excluding hydrogens is 150 g/mol. The highest BCUT2D eigenvalue weighted by molar-refractivity contribution is 5.73. The molecule has 0 fully saturated rings. The predicted octanol–water partition coefficient (Wildman–Crippen LogP) is -1.47. The first-order valence-corrected chi connectivity index (χ1v) is 3.35. The van der Waals surface area contributed by atoms with Gasteiger partial charge in [-0.05, 0) is 12.8 Å². The molecule has 0 aliphatic rings. The van der Waals surface area contributed by atoms with Gasteiger partial charge in [-0.15, -0.1) is 0 Å². The molecule has 0 aromatic rings. The van der Waals surface area contributed by atoms with Crippen molar-refractivity contribution < 1.29 is 20.1 Å². The number of hydrogen-bond donors (Lipinski definition) is 4. The molecule has 0 rings (SSSR count). The van der Waals surface area contributed by atoms with Gasteiger partial charge in [0, 0.05) is 6.61 Å². The molecule has 2 unspecified atom stereocenters. The number of carboxylic acids is 1. The monoisotopic (exact) mass is 163 g/mol. The van der Waals surface area contributed by atoms with Crippen LogP contribution in [0.4, 0.5) is 0 Å². The second kappa shape index (κ2) is 5.06. The fraction of sp³-hybridized carbons (Fsp3) is 0.833. The summed E-state index contributed by atoms with van der Waals surface area (Å²) in [6, 6.07) is -1.04. The molecule has 66 valence electrons. The lowest BCUT2D eigenvalue weighted by molar-refractivity contribution is -0.139. The summed E-state index contributed by atoms with van der Waals surface area (Å²) >= 11 is 0. The lowest BCUT2D eigenvalue weighted by Gasteiger charge is -2.11. The van der Waals surface area contributed by atoms with Crippen LogP contribution in [0.3, 0.4) is 0 Å². The molecule has 0 aliphatic carbocycles. The Kier molecular flexibility index (Phi) is 4.76. The Balaban J connectivity index is 3.56. The summed E-state index contributed by atoms with van der Waals surface area (Å²) in [5, 5.41) is 25.6. The van der Waals surface area contributed by atoms with E-state index in [-0.39, 0.29) is 19.4 Å². The van der Waals surface area contributed by atoms with Crippen molar-refractivity contribution in [3.63, 3.8) is 0 Å². The van der Waals surface area contributed by atoms with Crippen LogP contribution in [0.15, 0.2) is 0 Å². The molecule has 5 N–H and O–H groups in total. The highest BCUT2D eigenvalue weighted by Crippen LogP contribution is 1.99. The van der Waals surface area contributed by atoms with E-state index in [9.17, 15) is 4.79 Å². The van der Waals surface area contributed by atoms with Gasteiger partial charge in [0.2, 0.25) is 0 Å². The molecule has 5 nitrogen and oxygen atoms in total. The second-order valence-electron chi connectivity index (χ2n) is 2.35. The molecule has 0 aromatic carbocycles.